The Kier molecular flexibility index (Phi) is 4.63. The van der Waals surface area contributed by atoms with Crippen molar-refractivity contribution in [2.24, 2.45) is 0 Å². The second-order valence-electron chi connectivity index (χ2n) is 4.42. The zero-order valence-electron chi connectivity index (χ0n) is 11.3. The Morgan fingerprint density at radius 1 is 1.40 bits per heavy atom. The van der Waals surface area contributed by atoms with Crippen molar-refractivity contribution >= 4 is 29.0 Å². The molecular formula is C14H16ClN3O2. The zero-order chi connectivity index (χ0) is 14.5. The Hall–Kier alpha value is -2.01. The highest BCUT2D eigenvalue weighted by Gasteiger charge is 2.17. The molecule has 6 heteroatoms. The molecule has 2 rings (SSSR count). The molecule has 0 aliphatic heterocycles. The number of halogens is 1. The molecule has 20 heavy (non-hydrogen) atoms. The first kappa shape index (κ1) is 14.4. The van der Waals surface area contributed by atoms with Crippen LogP contribution in [0.25, 0.3) is 0 Å². The molecule has 2 aromatic rings. The van der Waals surface area contributed by atoms with Gasteiger partial charge < -0.3 is 15.2 Å². The van der Waals surface area contributed by atoms with Crippen LogP contribution in [0.3, 0.4) is 0 Å². The number of nitrogens with one attached hydrogen (secondary N) is 2. The summed E-state index contributed by atoms with van der Waals surface area (Å²) in [6.07, 6.45) is 0.644. The van der Waals surface area contributed by atoms with Crippen molar-refractivity contribution in [3.8, 4) is 0 Å². The van der Waals surface area contributed by atoms with Crippen LogP contribution in [-0.4, -0.2) is 17.1 Å². The highest BCUT2D eigenvalue weighted by molar-refractivity contribution is 6.30. The van der Waals surface area contributed by atoms with Crippen LogP contribution in [0.15, 0.2) is 34.9 Å². The number of hydrogen-bond acceptors (Lipinski definition) is 4. The first-order chi connectivity index (χ1) is 9.58. The lowest BCUT2D eigenvalue weighted by Crippen LogP contribution is -2.34. The number of amides is 1. The standard InChI is InChI=1S/C14H16ClN3O2/c1-3-12(16-11-6-4-10(15)5-7-11)14(19)17-13-8-9(2)20-18-13/h4-8,12,16H,3H2,1-2H3,(H,17,18,19)/t12-/m1/s1. The molecule has 1 aromatic heterocycles. The number of benzene rings is 1. The van der Waals surface area contributed by atoms with E-state index in [4.69, 9.17) is 16.1 Å². The lowest BCUT2D eigenvalue weighted by atomic mass is 10.2. The highest BCUT2D eigenvalue weighted by Crippen LogP contribution is 2.16. The molecule has 106 valence electrons. The average Bonchev–Trinajstić information content (AvgIpc) is 2.83. The van der Waals surface area contributed by atoms with E-state index in [1.54, 1.807) is 25.1 Å². The summed E-state index contributed by atoms with van der Waals surface area (Å²) in [6, 6.07) is 8.53. The lowest BCUT2D eigenvalue weighted by molar-refractivity contribution is -0.117. The Bertz CT molecular complexity index is 580. The van der Waals surface area contributed by atoms with Crippen LogP contribution in [0, 0.1) is 6.92 Å². The van der Waals surface area contributed by atoms with Gasteiger partial charge in [0, 0.05) is 16.8 Å². The van der Waals surface area contributed by atoms with Crippen LogP contribution in [0.4, 0.5) is 11.5 Å². The van der Waals surface area contributed by atoms with E-state index in [9.17, 15) is 4.79 Å². The molecule has 0 saturated carbocycles. The summed E-state index contributed by atoms with van der Waals surface area (Å²) in [5, 5.41) is 10.3. The number of aryl methyl sites for hydroxylation is 1. The van der Waals surface area contributed by atoms with Crippen LogP contribution in [-0.2, 0) is 4.79 Å². The predicted molar refractivity (Wildman–Crippen MR) is 79.0 cm³/mol. The van der Waals surface area contributed by atoms with E-state index < -0.39 is 0 Å². The van der Waals surface area contributed by atoms with Gasteiger partial charge in [-0.3, -0.25) is 4.79 Å². The molecule has 1 heterocycles. The minimum atomic E-state index is -0.354. The van der Waals surface area contributed by atoms with Crippen molar-refractivity contribution in [3.05, 3.63) is 41.1 Å². The Balaban J connectivity index is 2.00. The van der Waals surface area contributed by atoms with Gasteiger partial charge in [-0.05, 0) is 37.6 Å². The Morgan fingerprint density at radius 2 is 2.10 bits per heavy atom. The number of nitrogens with zero attached hydrogens (tertiary/aromatic N) is 1. The van der Waals surface area contributed by atoms with Gasteiger partial charge >= 0.3 is 0 Å². The number of aromatic nitrogens is 1. The van der Waals surface area contributed by atoms with Gasteiger partial charge in [0.05, 0.1) is 0 Å². The number of carbonyl (C=O) groups excluding carboxylic acids is 1. The van der Waals surface area contributed by atoms with Gasteiger partial charge in [0.1, 0.15) is 11.8 Å². The van der Waals surface area contributed by atoms with Gasteiger partial charge in [0.2, 0.25) is 5.91 Å². The summed E-state index contributed by atoms with van der Waals surface area (Å²) in [5.41, 5.74) is 0.840. The van der Waals surface area contributed by atoms with Crippen molar-refractivity contribution in [2.45, 2.75) is 26.3 Å². The van der Waals surface area contributed by atoms with Crippen molar-refractivity contribution in [2.75, 3.05) is 10.6 Å². The normalized spacial score (nSPS) is 11.9. The van der Waals surface area contributed by atoms with Crippen molar-refractivity contribution < 1.29 is 9.32 Å². The number of carbonyl (C=O) groups is 1. The van der Waals surface area contributed by atoms with Crippen LogP contribution >= 0.6 is 11.6 Å². The number of rotatable bonds is 5. The van der Waals surface area contributed by atoms with Gasteiger partial charge in [0.25, 0.3) is 0 Å². The summed E-state index contributed by atoms with van der Waals surface area (Å²) in [6.45, 7) is 3.70. The smallest absolute Gasteiger partial charge is 0.248 e. The minimum absolute atomic E-state index is 0.157. The van der Waals surface area contributed by atoms with Crippen LogP contribution in [0.2, 0.25) is 5.02 Å². The van der Waals surface area contributed by atoms with Gasteiger partial charge in [-0.1, -0.05) is 23.7 Å². The Morgan fingerprint density at radius 3 is 2.65 bits per heavy atom. The average molecular weight is 294 g/mol. The maximum Gasteiger partial charge on any atom is 0.248 e. The zero-order valence-corrected chi connectivity index (χ0v) is 12.1. The monoisotopic (exact) mass is 293 g/mol. The van der Waals surface area contributed by atoms with E-state index in [1.807, 2.05) is 19.1 Å². The summed E-state index contributed by atoms with van der Waals surface area (Å²) >= 11 is 5.83. The molecule has 5 nitrogen and oxygen atoms in total. The topological polar surface area (TPSA) is 67.2 Å². The largest absolute Gasteiger partial charge is 0.374 e. The number of hydrogen-bond donors (Lipinski definition) is 2. The van der Waals surface area contributed by atoms with Crippen LogP contribution < -0.4 is 10.6 Å². The summed E-state index contributed by atoms with van der Waals surface area (Å²) in [5.74, 6) is 0.915. The molecule has 2 N–H and O–H groups in total. The quantitative estimate of drug-likeness (QED) is 0.886. The first-order valence-corrected chi connectivity index (χ1v) is 6.72. The number of anilines is 2. The predicted octanol–water partition coefficient (Wildman–Crippen LogP) is 3.47. The fourth-order valence-corrected chi connectivity index (χ4v) is 1.86. The third kappa shape index (κ3) is 3.74. The van der Waals surface area contributed by atoms with Crippen molar-refractivity contribution in [1.29, 1.82) is 0 Å². The van der Waals surface area contributed by atoms with Crippen molar-refractivity contribution in [3.63, 3.8) is 0 Å². The molecule has 0 aliphatic rings. The minimum Gasteiger partial charge on any atom is -0.374 e. The summed E-state index contributed by atoms with van der Waals surface area (Å²) < 4.78 is 4.91. The molecule has 0 saturated heterocycles. The van der Waals surface area contributed by atoms with E-state index in [-0.39, 0.29) is 11.9 Å². The lowest BCUT2D eigenvalue weighted by Gasteiger charge is -2.17. The Labute approximate surface area is 122 Å². The molecule has 0 unspecified atom stereocenters. The van der Waals surface area contributed by atoms with E-state index in [1.165, 1.54) is 0 Å². The molecule has 0 radical (unpaired) electrons. The van der Waals surface area contributed by atoms with Gasteiger partial charge in [-0.2, -0.15) is 0 Å². The fourth-order valence-electron chi connectivity index (χ4n) is 1.74. The van der Waals surface area contributed by atoms with Crippen LogP contribution in [0.1, 0.15) is 19.1 Å². The first-order valence-electron chi connectivity index (χ1n) is 6.34. The highest BCUT2D eigenvalue weighted by atomic mass is 35.5. The second kappa shape index (κ2) is 6.43. The van der Waals surface area contributed by atoms with E-state index >= 15 is 0 Å². The third-order valence-corrected chi connectivity index (χ3v) is 3.04. The third-order valence-electron chi connectivity index (χ3n) is 2.79. The summed E-state index contributed by atoms with van der Waals surface area (Å²) in [7, 11) is 0. The molecule has 0 aliphatic carbocycles. The van der Waals surface area contributed by atoms with Crippen molar-refractivity contribution in [1.82, 2.24) is 5.16 Å². The SMILES string of the molecule is CC[C@@H](Nc1ccc(Cl)cc1)C(=O)Nc1cc(C)on1. The molecule has 1 aromatic carbocycles. The fraction of sp³-hybridized carbons (Fsp3) is 0.286. The molecule has 0 spiro atoms. The van der Waals surface area contributed by atoms with Gasteiger partial charge in [-0.25, -0.2) is 0 Å². The molecule has 1 atom stereocenters. The van der Waals surface area contributed by atoms with E-state index in [0.29, 0.717) is 23.0 Å². The van der Waals surface area contributed by atoms with E-state index in [0.717, 1.165) is 5.69 Å². The second-order valence-corrected chi connectivity index (χ2v) is 4.86. The summed E-state index contributed by atoms with van der Waals surface area (Å²) in [4.78, 5) is 12.1. The molecule has 0 bridgehead atoms. The maximum absolute atomic E-state index is 12.1. The maximum atomic E-state index is 12.1. The van der Waals surface area contributed by atoms with Crippen LogP contribution in [0.5, 0.6) is 0 Å². The van der Waals surface area contributed by atoms with Gasteiger partial charge in [0.15, 0.2) is 5.82 Å². The molecule has 1 amide bonds. The van der Waals surface area contributed by atoms with E-state index in [2.05, 4.69) is 15.8 Å². The van der Waals surface area contributed by atoms with Gasteiger partial charge in [-0.15, -0.1) is 0 Å². The molecular weight excluding hydrogens is 278 g/mol. The molecule has 0 fully saturated rings.